The van der Waals surface area contributed by atoms with Gasteiger partial charge in [-0.15, -0.1) is 0 Å². The summed E-state index contributed by atoms with van der Waals surface area (Å²) in [7, 11) is 1.58. The zero-order chi connectivity index (χ0) is 16.9. The molecule has 3 rings (SSSR count). The Kier molecular flexibility index (Phi) is 4.96. The molecule has 2 heterocycles. The van der Waals surface area contributed by atoms with Crippen LogP contribution in [0.5, 0.6) is 5.75 Å². The molecule has 6 nitrogen and oxygen atoms in total. The molecule has 0 unspecified atom stereocenters. The number of hydrogen-bond donors (Lipinski definition) is 1. The molecule has 24 heavy (non-hydrogen) atoms. The summed E-state index contributed by atoms with van der Waals surface area (Å²) >= 11 is 0. The maximum Gasteiger partial charge on any atom is 0.255 e. The van der Waals surface area contributed by atoms with E-state index in [1.54, 1.807) is 37.6 Å². The van der Waals surface area contributed by atoms with Crippen molar-refractivity contribution in [2.24, 2.45) is 0 Å². The summed E-state index contributed by atoms with van der Waals surface area (Å²) in [4.78, 5) is 24.4. The van der Waals surface area contributed by atoms with Crippen LogP contribution in [0.3, 0.4) is 0 Å². The maximum atomic E-state index is 12.3. The molecule has 1 amide bonds. The van der Waals surface area contributed by atoms with Crippen LogP contribution in [0.25, 0.3) is 5.69 Å². The van der Waals surface area contributed by atoms with Gasteiger partial charge in [-0.2, -0.15) is 0 Å². The summed E-state index contributed by atoms with van der Waals surface area (Å²) in [6, 6.07) is 10.0. The van der Waals surface area contributed by atoms with Gasteiger partial charge in [-0.25, -0.2) is 0 Å². The quantitative estimate of drug-likeness (QED) is 0.908. The highest BCUT2D eigenvalue weighted by Crippen LogP contribution is 2.14. The van der Waals surface area contributed by atoms with Crippen LogP contribution in [0, 0.1) is 0 Å². The fourth-order valence-corrected chi connectivity index (χ4v) is 2.68. The Morgan fingerprint density at radius 2 is 2.08 bits per heavy atom. The third-order valence-electron chi connectivity index (χ3n) is 4.04. The van der Waals surface area contributed by atoms with E-state index in [1.807, 2.05) is 0 Å². The molecule has 0 saturated carbocycles. The van der Waals surface area contributed by atoms with Crippen LogP contribution in [0.4, 0.5) is 0 Å². The summed E-state index contributed by atoms with van der Waals surface area (Å²) in [5.41, 5.74) is 0.911. The minimum Gasteiger partial charge on any atom is -0.497 e. The third kappa shape index (κ3) is 3.65. The molecule has 0 bridgehead atoms. The van der Waals surface area contributed by atoms with E-state index in [2.05, 4.69) is 5.32 Å². The normalized spacial score (nSPS) is 16.8. The van der Waals surface area contributed by atoms with Crippen LogP contribution in [0.1, 0.15) is 23.2 Å². The number of aromatic nitrogens is 1. The predicted octanol–water partition coefficient (Wildman–Crippen LogP) is 1.75. The number of carbonyl (C=O) groups is 1. The Morgan fingerprint density at radius 1 is 1.29 bits per heavy atom. The van der Waals surface area contributed by atoms with Gasteiger partial charge in [-0.05, 0) is 43.2 Å². The Bertz CT molecular complexity index is 761. The zero-order valence-electron chi connectivity index (χ0n) is 13.5. The molecular formula is C18H20N2O4. The van der Waals surface area contributed by atoms with E-state index in [4.69, 9.17) is 9.47 Å². The number of ether oxygens (including phenoxy) is 2. The van der Waals surface area contributed by atoms with Gasteiger partial charge in [0.15, 0.2) is 0 Å². The van der Waals surface area contributed by atoms with Crippen molar-refractivity contribution in [3.05, 3.63) is 58.5 Å². The molecule has 1 saturated heterocycles. The lowest BCUT2D eigenvalue weighted by molar-refractivity contribution is 0.0857. The number of amides is 1. The molecule has 1 aromatic carbocycles. The largest absolute Gasteiger partial charge is 0.497 e. The van der Waals surface area contributed by atoms with E-state index in [0.29, 0.717) is 23.5 Å². The van der Waals surface area contributed by atoms with Gasteiger partial charge in [-0.3, -0.25) is 14.2 Å². The van der Waals surface area contributed by atoms with Crippen molar-refractivity contribution in [2.45, 2.75) is 18.9 Å². The van der Waals surface area contributed by atoms with Crippen molar-refractivity contribution < 1.29 is 14.3 Å². The lowest BCUT2D eigenvalue weighted by atomic mass is 10.2. The van der Waals surface area contributed by atoms with Crippen molar-refractivity contribution >= 4 is 5.91 Å². The summed E-state index contributed by atoms with van der Waals surface area (Å²) < 4.78 is 12.1. The smallest absolute Gasteiger partial charge is 0.255 e. The van der Waals surface area contributed by atoms with Crippen LogP contribution in [-0.4, -0.2) is 36.8 Å². The number of rotatable bonds is 5. The molecule has 1 aromatic heterocycles. The van der Waals surface area contributed by atoms with E-state index in [0.717, 1.165) is 19.4 Å². The second-order valence-electron chi connectivity index (χ2n) is 5.67. The lowest BCUT2D eigenvalue weighted by Crippen LogP contribution is -2.32. The second-order valence-corrected chi connectivity index (χ2v) is 5.67. The topological polar surface area (TPSA) is 69.6 Å². The summed E-state index contributed by atoms with van der Waals surface area (Å²) in [6.45, 7) is 1.24. The summed E-state index contributed by atoms with van der Waals surface area (Å²) in [6.07, 6.45) is 3.63. The first-order valence-electron chi connectivity index (χ1n) is 7.94. The van der Waals surface area contributed by atoms with Crippen molar-refractivity contribution in [2.75, 3.05) is 20.3 Å². The molecule has 0 radical (unpaired) electrons. The Morgan fingerprint density at radius 3 is 2.75 bits per heavy atom. The van der Waals surface area contributed by atoms with E-state index in [9.17, 15) is 9.59 Å². The summed E-state index contributed by atoms with van der Waals surface area (Å²) in [5, 5.41) is 2.86. The molecule has 6 heteroatoms. The van der Waals surface area contributed by atoms with E-state index >= 15 is 0 Å². The van der Waals surface area contributed by atoms with Crippen LogP contribution < -0.4 is 15.6 Å². The standard InChI is InChI=1S/C18H20N2O4/c1-23-15-7-5-14(6-8-15)20-12-13(4-9-17(20)21)18(22)19-11-16-3-2-10-24-16/h4-9,12,16H,2-3,10-11H2,1H3,(H,19,22)/t16-/m1/s1. The van der Waals surface area contributed by atoms with Crippen molar-refractivity contribution in [1.82, 2.24) is 9.88 Å². The fourth-order valence-electron chi connectivity index (χ4n) is 2.68. The van der Waals surface area contributed by atoms with Crippen LogP contribution in [0.15, 0.2) is 47.4 Å². The molecule has 1 fully saturated rings. The second kappa shape index (κ2) is 7.31. The molecular weight excluding hydrogens is 308 g/mol. The van der Waals surface area contributed by atoms with Gasteiger partial charge in [-0.1, -0.05) is 0 Å². The summed E-state index contributed by atoms with van der Waals surface area (Å²) in [5.74, 6) is 0.491. The van der Waals surface area contributed by atoms with Gasteiger partial charge in [0.25, 0.3) is 11.5 Å². The third-order valence-corrected chi connectivity index (χ3v) is 4.04. The molecule has 2 aromatic rings. The van der Waals surface area contributed by atoms with Gasteiger partial charge >= 0.3 is 0 Å². The minimum atomic E-state index is -0.215. The predicted molar refractivity (Wildman–Crippen MR) is 89.9 cm³/mol. The average molecular weight is 328 g/mol. The molecule has 0 aliphatic carbocycles. The van der Waals surface area contributed by atoms with E-state index in [-0.39, 0.29) is 17.6 Å². The Hall–Kier alpha value is -2.60. The number of carbonyl (C=O) groups excluding carboxylic acids is 1. The SMILES string of the molecule is COc1ccc(-n2cc(C(=O)NC[C@H]3CCCO3)ccc2=O)cc1. The number of pyridine rings is 1. The van der Waals surface area contributed by atoms with Crippen LogP contribution in [-0.2, 0) is 4.74 Å². The van der Waals surface area contributed by atoms with E-state index in [1.165, 1.54) is 16.7 Å². The highest BCUT2D eigenvalue weighted by Gasteiger charge is 2.17. The first-order chi connectivity index (χ1) is 11.7. The number of hydrogen-bond acceptors (Lipinski definition) is 4. The van der Waals surface area contributed by atoms with Crippen molar-refractivity contribution in [3.63, 3.8) is 0 Å². The van der Waals surface area contributed by atoms with Gasteiger partial charge in [0.1, 0.15) is 5.75 Å². The molecule has 1 aliphatic heterocycles. The number of benzene rings is 1. The maximum absolute atomic E-state index is 12.3. The van der Waals surface area contributed by atoms with Crippen molar-refractivity contribution in [3.8, 4) is 11.4 Å². The van der Waals surface area contributed by atoms with Gasteiger partial charge in [0.2, 0.25) is 0 Å². The average Bonchev–Trinajstić information content (AvgIpc) is 3.14. The Labute approximate surface area is 140 Å². The van der Waals surface area contributed by atoms with Crippen molar-refractivity contribution in [1.29, 1.82) is 0 Å². The fraction of sp³-hybridized carbons (Fsp3) is 0.333. The Balaban J connectivity index is 1.77. The number of nitrogens with zero attached hydrogens (tertiary/aromatic N) is 1. The first kappa shape index (κ1) is 16.3. The first-order valence-corrected chi connectivity index (χ1v) is 7.94. The van der Waals surface area contributed by atoms with Gasteiger partial charge in [0, 0.05) is 31.1 Å². The van der Waals surface area contributed by atoms with Gasteiger partial charge < -0.3 is 14.8 Å². The number of nitrogens with one attached hydrogen (secondary N) is 1. The molecule has 1 atom stereocenters. The molecule has 1 aliphatic rings. The molecule has 0 spiro atoms. The molecule has 1 N–H and O–H groups in total. The van der Waals surface area contributed by atoms with Crippen LogP contribution in [0.2, 0.25) is 0 Å². The number of methoxy groups -OCH3 is 1. The highest BCUT2D eigenvalue weighted by atomic mass is 16.5. The highest BCUT2D eigenvalue weighted by molar-refractivity contribution is 5.93. The minimum absolute atomic E-state index is 0.0847. The van der Waals surface area contributed by atoms with E-state index < -0.39 is 0 Å². The zero-order valence-corrected chi connectivity index (χ0v) is 13.5. The monoisotopic (exact) mass is 328 g/mol. The lowest BCUT2D eigenvalue weighted by Gasteiger charge is -2.12. The molecule has 126 valence electrons. The van der Waals surface area contributed by atoms with Gasteiger partial charge in [0.05, 0.1) is 18.8 Å². The van der Waals surface area contributed by atoms with Crippen LogP contribution >= 0.6 is 0 Å².